The molecule has 2 atom stereocenters. The van der Waals surface area contributed by atoms with Gasteiger partial charge in [0.05, 0.1) is 6.54 Å². The molecule has 92 valence electrons. The van der Waals surface area contributed by atoms with Crippen molar-refractivity contribution in [2.75, 3.05) is 0 Å². The molecular formula is C13H20N4. The van der Waals surface area contributed by atoms with Crippen LogP contribution in [-0.2, 0) is 6.54 Å². The van der Waals surface area contributed by atoms with Crippen molar-refractivity contribution in [2.24, 2.45) is 5.92 Å². The molecule has 1 N–H and O–H groups in total. The molecular weight excluding hydrogens is 212 g/mol. The van der Waals surface area contributed by atoms with Gasteiger partial charge in [-0.1, -0.05) is 26.3 Å². The van der Waals surface area contributed by atoms with Crippen molar-refractivity contribution in [3.05, 3.63) is 30.2 Å². The highest BCUT2D eigenvalue weighted by Gasteiger charge is 2.11. The standard InChI is InChI=1S/C13H20N4/c1-4-10(2)11(3)14-9-13-16-15-12-7-5-6-8-17(12)13/h5-8,10-11,14H,4,9H2,1-3H3/t10-,11-/m1/s1. The molecule has 0 spiro atoms. The molecule has 2 aromatic rings. The summed E-state index contributed by atoms with van der Waals surface area (Å²) in [6, 6.07) is 6.44. The summed E-state index contributed by atoms with van der Waals surface area (Å²) < 4.78 is 2.02. The molecule has 0 unspecified atom stereocenters. The smallest absolute Gasteiger partial charge is 0.160 e. The van der Waals surface area contributed by atoms with Crippen LogP contribution in [0.5, 0.6) is 0 Å². The highest BCUT2D eigenvalue weighted by molar-refractivity contribution is 5.36. The minimum absolute atomic E-state index is 0.496. The first kappa shape index (κ1) is 12.0. The highest BCUT2D eigenvalue weighted by atomic mass is 15.3. The lowest BCUT2D eigenvalue weighted by Gasteiger charge is -2.19. The Kier molecular flexibility index (Phi) is 3.74. The van der Waals surface area contributed by atoms with Gasteiger partial charge < -0.3 is 5.32 Å². The molecule has 0 amide bonds. The van der Waals surface area contributed by atoms with Gasteiger partial charge >= 0.3 is 0 Å². The van der Waals surface area contributed by atoms with Crippen molar-refractivity contribution >= 4 is 5.65 Å². The Bertz CT molecular complexity index is 477. The van der Waals surface area contributed by atoms with Crippen molar-refractivity contribution in [2.45, 2.75) is 39.8 Å². The average molecular weight is 232 g/mol. The second-order valence-electron chi connectivity index (χ2n) is 4.60. The molecule has 2 rings (SSSR count). The largest absolute Gasteiger partial charge is 0.307 e. The zero-order valence-electron chi connectivity index (χ0n) is 10.7. The molecule has 2 heterocycles. The molecule has 0 saturated carbocycles. The van der Waals surface area contributed by atoms with Crippen LogP contribution in [0.15, 0.2) is 24.4 Å². The number of pyridine rings is 1. The topological polar surface area (TPSA) is 42.2 Å². The van der Waals surface area contributed by atoms with Gasteiger partial charge in [0, 0.05) is 12.2 Å². The maximum atomic E-state index is 4.20. The molecule has 0 saturated heterocycles. The average Bonchev–Trinajstić information content (AvgIpc) is 2.78. The third kappa shape index (κ3) is 2.64. The number of rotatable bonds is 5. The fourth-order valence-corrected chi connectivity index (χ4v) is 1.82. The first-order chi connectivity index (χ1) is 8.22. The lowest BCUT2D eigenvalue weighted by molar-refractivity contribution is 0.385. The van der Waals surface area contributed by atoms with Crippen LogP contribution in [0.2, 0.25) is 0 Å². The number of nitrogens with one attached hydrogen (secondary N) is 1. The number of fused-ring (bicyclic) bond motifs is 1. The van der Waals surface area contributed by atoms with Gasteiger partial charge in [0.25, 0.3) is 0 Å². The Hall–Kier alpha value is -1.42. The maximum Gasteiger partial charge on any atom is 0.160 e. The number of hydrogen-bond acceptors (Lipinski definition) is 3. The Labute approximate surface area is 102 Å². The monoisotopic (exact) mass is 232 g/mol. The van der Waals surface area contributed by atoms with Crippen LogP contribution in [0.25, 0.3) is 5.65 Å². The Morgan fingerprint density at radius 1 is 1.29 bits per heavy atom. The molecule has 0 aliphatic carbocycles. The van der Waals surface area contributed by atoms with E-state index in [1.807, 2.05) is 28.8 Å². The fraction of sp³-hybridized carbons (Fsp3) is 0.538. The molecule has 0 radical (unpaired) electrons. The van der Waals surface area contributed by atoms with Gasteiger partial charge in [-0.05, 0) is 25.0 Å². The van der Waals surface area contributed by atoms with Gasteiger partial charge in [0.1, 0.15) is 0 Å². The third-order valence-corrected chi connectivity index (χ3v) is 3.46. The third-order valence-electron chi connectivity index (χ3n) is 3.46. The summed E-state index contributed by atoms with van der Waals surface area (Å²) in [4.78, 5) is 0. The number of nitrogens with zero attached hydrogens (tertiary/aromatic N) is 3. The van der Waals surface area contributed by atoms with E-state index in [4.69, 9.17) is 0 Å². The van der Waals surface area contributed by atoms with E-state index in [1.165, 1.54) is 6.42 Å². The summed E-state index contributed by atoms with van der Waals surface area (Å²) >= 11 is 0. The Morgan fingerprint density at radius 3 is 2.88 bits per heavy atom. The van der Waals surface area contributed by atoms with Crippen molar-refractivity contribution < 1.29 is 0 Å². The van der Waals surface area contributed by atoms with Crippen LogP contribution in [0.4, 0.5) is 0 Å². The van der Waals surface area contributed by atoms with Gasteiger partial charge in [0.15, 0.2) is 11.5 Å². The summed E-state index contributed by atoms with van der Waals surface area (Å²) in [7, 11) is 0. The van der Waals surface area contributed by atoms with Gasteiger partial charge in [0.2, 0.25) is 0 Å². The van der Waals surface area contributed by atoms with E-state index < -0.39 is 0 Å². The lowest BCUT2D eigenvalue weighted by atomic mass is 10.0. The first-order valence-corrected chi connectivity index (χ1v) is 6.24. The van der Waals surface area contributed by atoms with Crippen LogP contribution in [0.3, 0.4) is 0 Å². The van der Waals surface area contributed by atoms with E-state index in [1.54, 1.807) is 0 Å². The van der Waals surface area contributed by atoms with E-state index in [0.29, 0.717) is 12.0 Å². The molecule has 0 aliphatic heterocycles. The summed E-state index contributed by atoms with van der Waals surface area (Å²) in [6.07, 6.45) is 3.19. The van der Waals surface area contributed by atoms with Crippen LogP contribution >= 0.6 is 0 Å². The van der Waals surface area contributed by atoms with E-state index in [-0.39, 0.29) is 0 Å². The minimum atomic E-state index is 0.496. The molecule has 4 heteroatoms. The summed E-state index contributed by atoms with van der Waals surface area (Å²) in [5.41, 5.74) is 0.903. The van der Waals surface area contributed by atoms with Gasteiger partial charge in [-0.25, -0.2) is 0 Å². The lowest BCUT2D eigenvalue weighted by Crippen LogP contribution is -2.31. The van der Waals surface area contributed by atoms with Gasteiger partial charge in [-0.2, -0.15) is 0 Å². The van der Waals surface area contributed by atoms with Crippen LogP contribution < -0.4 is 5.32 Å². The number of aromatic nitrogens is 3. The van der Waals surface area contributed by atoms with E-state index in [0.717, 1.165) is 18.0 Å². The highest BCUT2D eigenvalue weighted by Crippen LogP contribution is 2.08. The van der Waals surface area contributed by atoms with Crippen molar-refractivity contribution in [1.82, 2.24) is 19.9 Å². The minimum Gasteiger partial charge on any atom is -0.307 e. The van der Waals surface area contributed by atoms with Crippen LogP contribution in [0.1, 0.15) is 33.0 Å². The predicted octanol–water partition coefficient (Wildman–Crippen LogP) is 2.25. The van der Waals surface area contributed by atoms with E-state index in [2.05, 4.69) is 36.3 Å². The zero-order valence-corrected chi connectivity index (χ0v) is 10.7. The zero-order chi connectivity index (χ0) is 12.3. The maximum absolute atomic E-state index is 4.20. The van der Waals surface area contributed by atoms with Crippen molar-refractivity contribution in [3.63, 3.8) is 0 Å². The molecule has 2 aromatic heterocycles. The van der Waals surface area contributed by atoms with E-state index in [9.17, 15) is 0 Å². The van der Waals surface area contributed by atoms with Crippen molar-refractivity contribution in [1.29, 1.82) is 0 Å². The molecule has 0 aromatic carbocycles. The van der Waals surface area contributed by atoms with E-state index >= 15 is 0 Å². The van der Waals surface area contributed by atoms with Crippen LogP contribution in [0, 0.1) is 5.92 Å². The second-order valence-corrected chi connectivity index (χ2v) is 4.60. The molecule has 0 aliphatic rings. The molecule has 4 nitrogen and oxygen atoms in total. The fourth-order valence-electron chi connectivity index (χ4n) is 1.82. The number of hydrogen-bond donors (Lipinski definition) is 1. The SMILES string of the molecule is CC[C@@H](C)[C@@H](C)NCc1nnc2ccccn12. The van der Waals surface area contributed by atoms with Gasteiger partial charge in [-0.3, -0.25) is 4.40 Å². The second kappa shape index (κ2) is 5.27. The Balaban J connectivity index is 2.04. The summed E-state index contributed by atoms with van der Waals surface area (Å²) in [5, 5.41) is 11.8. The molecule has 17 heavy (non-hydrogen) atoms. The van der Waals surface area contributed by atoms with Crippen molar-refractivity contribution in [3.8, 4) is 0 Å². The van der Waals surface area contributed by atoms with Gasteiger partial charge in [-0.15, -0.1) is 10.2 Å². The summed E-state index contributed by atoms with van der Waals surface area (Å²) in [5.74, 6) is 1.64. The predicted molar refractivity (Wildman–Crippen MR) is 68.7 cm³/mol. The summed E-state index contributed by atoms with van der Waals surface area (Å²) in [6.45, 7) is 7.46. The first-order valence-electron chi connectivity index (χ1n) is 6.24. The van der Waals surface area contributed by atoms with Crippen LogP contribution in [-0.4, -0.2) is 20.6 Å². The molecule has 0 bridgehead atoms. The quantitative estimate of drug-likeness (QED) is 0.859. The Morgan fingerprint density at radius 2 is 2.12 bits per heavy atom. The molecule has 0 fully saturated rings. The normalized spacial score (nSPS) is 15.0.